The predicted octanol–water partition coefficient (Wildman–Crippen LogP) is 2.83. The van der Waals surface area contributed by atoms with Crippen LogP contribution in [0.2, 0.25) is 0 Å². The van der Waals surface area contributed by atoms with Crippen molar-refractivity contribution in [3.8, 4) is 5.75 Å². The lowest BCUT2D eigenvalue weighted by Gasteiger charge is -2.37. The summed E-state index contributed by atoms with van der Waals surface area (Å²) in [6.45, 7) is 4.93. The molecule has 8 nitrogen and oxygen atoms in total. The van der Waals surface area contributed by atoms with E-state index < -0.39 is 4.92 Å². The fourth-order valence-corrected chi connectivity index (χ4v) is 3.38. The van der Waals surface area contributed by atoms with Gasteiger partial charge in [-0.25, -0.2) is 0 Å². The number of rotatable bonds is 7. The first-order valence-corrected chi connectivity index (χ1v) is 9.44. The standard InChI is InChI=1S/C21H23N3O5/c1-16-14-17(15-25)2-7-20(16)22-9-11-23(12-10-22)21(26)8-13-29-19-5-3-18(4-6-19)24(27)28/h2-7,14-15H,8-13H2,1H3. The van der Waals surface area contributed by atoms with Crippen LogP contribution < -0.4 is 9.64 Å². The topological polar surface area (TPSA) is 93.0 Å². The molecule has 1 aliphatic rings. The molecule has 0 saturated carbocycles. The third-order valence-corrected chi connectivity index (χ3v) is 4.96. The number of carbonyl (C=O) groups excluding carboxylic acids is 2. The van der Waals surface area contributed by atoms with Gasteiger partial charge in [0.1, 0.15) is 12.0 Å². The second-order valence-electron chi connectivity index (χ2n) is 6.88. The van der Waals surface area contributed by atoms with Gasteiger partial charge in [0.2, 0.25) is 5.91 Å². The highest BCUT2D eigenvalue weighted by Crippen LogP contribution is 2.22. The fraction of sp³-hybridized carbons (Fsp3) is 0.333. The van der Waals surface area contributed by atoms with Gasteiger partial charge >= 0.3 is 0 Å². The van der Waals surface area contributed by atoms with Gasteiger partial charge in [0.15, 0.2) is 0 Å². The summed E-state index contributed by atoms with van der Waals surface area (Å²) in [6, 6.07) is 11.4. The summed E-state index contributed by atoms with van der Waals surface area (Å²) in [5, 5.41) is 10.6. The minimum Gasteiger partial charge on any atom is -0.493 e. The van der Waals surface area contributed by atoms with Gasteiger partial charge in [-0.05, 0) is 42.8 Å². The number of hydrogen-bond acceptors (Lipinski definition) is 6. The molecule has 1 amide bonds. The maximum absolute atomic E-state index is 12.4. The summed E-state index contributed by atoms with van der Waals surface area (Å²) in [5.41, 5.74) is 2.80. The average Bonchev–Trinajstić information content (AvgIpc) is 2.74. The third-order valence-electron chi connectivity index (χ3n) is 4.96. The zero-order valence-corrected chi connectivity index (χ0v) is 16.2. The summed E-state index contributed by atoms with van der Waals surface area (Å²) in [5.74, 6) is 0.530. The van der Waals surface area contributed by atoms with E-state index in [2.05, 4.69) is 4.90 Å². The molecule has 1 fully saturated rings. The first-order chi connectivity index (χ1) is 14.0. The Morgan fingerprint density at radius 3 is 2.41 bits per heavy atom. The molecule has 152 valence electrons. The largest absolute Gasteiger partial charge is 0.493 e. The fourth-order valence-electron chi connectivity index (χ4n) is 3.38. The molecule has 0 atom stereocenters. The first-order valence-electron chi connectivity index (χ1n) is 9.44. The summed E-state index contributed by atoms with van der Waals surface area (Å²) in [4.78, 5) is 37.5. The van der Waals surface area contributed by atoms with E-state index in [1.165, 1.54) is 24.3 Å². The first kappa shape index (κ1) is 20.3. The van der Waals surface area contributed by atoms with Crippen LogP contribution in [0.25, 0.3) is 0 Å². The Morgan fingerprint density at radius 1 is 1.14 bits per heavy atom. The van der Waals surface area contributed by atoms with Crippen LogP contribution in [-0.2, 0) is 4.79 Å². The van der Waals surface area contributed by atoms with Crippen molar-refractivity contribution in [3.63, 3.8) is 0 Å². The summed E-state index contributed by atoms with van der Waals surface area (Å²) in [6.07, 6.45) is 1.09. The second-order valence-corrected chi connectivity index (χ2v) is 6.88. The Labute approximate surface area is 168 Å². The average molecular weight is 397 g/mol. The lowest BCUT2D eigenvalue weighted by Crippen LogP contribution is -2.49. The van der Waals surface area contributed by atoms with E-state index in [0.29, 0.717) is 24.4 Å². The van der Waals surface area contributed by atoms with Crippen molar-refractivity contribution in [1.82, 2.24) is 4.90 Å². The zero-order valence-electron chi connectivity index (χ0n) is 16.2. The molecule has 0 aliphatic carbocycles. The van der Waals surface area contributed by atoms with Crippen molar-refractivity contribution >= 4 is 23.6 Å². The van der Waals surface area contributed by atoms with Crippen molar-refractivity contribution in [2.75, 3.05) is 37.7 Å². The van der Waals surface area contributed by atoms with Crippen LogP contribution >= 0.6 is 0 Å². The number of piperazine rings is 1. The van der Waals surface area contributed by atoms with E-state index in [-0.39, 0.29) is 24.6 Å². The normalized spacial score (nSPS) is 13.8. The van der Waals surface area contributed by atoms with Crippen LogP contribution in [0.5, 0.6) is 5.75 Å². The van der Waals surface area contributed by atoms with Crippen molar-refractivity contribution < 1.29 is 19.2 Å². The monoisotopic (exact) mass is 397 g/mol. The highest BCUT2D eigenvalue weighted by atomic mass is 16.6. The van der Waals surface area contributed by atoms with Crippen LogP contribution in [-0.4, -0.2) is 54.8 Å². The molecule has 8 heteroatoms. The van der Waals surface area contributed by atoms with Crippen LogP contribution in [0.1, 0.15) is 22.3 Å². The van der Waals surface area contributed by atoms with Gasteiger partial charge in [0, 0.05) is 49.6 Å². The van der Waals surface area contributed by atoms with Crippen LogP contribution in [0.3, 0.4) is 0 Å². The summed E-state index contributed by atoms with van der Waals surface area (Å²) < 4.78 is 5.52. The number of benzene rings is 2. The minimum atomic E-state index is -0.467. The molecule has 0 radical (unpaired) electrons. The molecule has 3 rings (SSSR count). The van der Waals surface area contributed by atoms with E-state index in [4.69, 9.17) is 4.74 Å². The Balaban J connectivity index is 1.45. The van der Waals surface area contributed by atoms with E-state index in [0.717, 1.165) is 30.6 Å². The van der Waals surface area contributed by atoms with Crippen molar-refractivity contribution in [2.45, 2.75) is 13.3 Å². The second kappa shape index (κ2) is 9.18. The van der Waals surface area contributed by atoms with Crippen molar-refractivity contribution in [1.29, 1.82) is 0 Å². The maximum Gasteiger partial charge on any atom is 0.269 e. The number of hydrogen-bond donors (Lipinski definition) is 0. The molecule has 2 aromatic carbocycles. The van der Waals surface area contributed by atoms with Gasteiger partial charge in [0.25, 0.3) is 5.69 Å². The van der Waals surface area contributed by atoms with Crippen LogP contribution in [0.4, 0.5) is 11.4 Å². The number of carbonyl (C=O) groups is 2. The maximum atomic E-state index is 12.4. The van der Waals surface area contributed by atoms with Gasteiger partial charge in [-0.1, -0.05) is 0 Å². The number of aryl methyl sites for hydroxylation is 1. The molecule has 0 unspecified atom stereocenters. The molecule has 0 bridgehead atoms. The SMILES string of the molecule is Cc1cc(C=O)ccc1N1CCN(C(=O)CCOc2ccc([N+](=O)[O-])cc2)CC1. The number of anilines is 1. The molecule has 1 heterocycles. The number of amides is 1. The molecule has 0 spiro atoms. The highest BCUT2D eigenvalue weighted by Gasteiger charge is 2.22. The number of aldehydes is 1. The Hall–Kier alpha value is -3.42. The van der Waals surface area contributed by atoms with E-state index in [9.17, 15) is 19.7 Å². The molecular formula is C21H23N3O5. The lowest BCUT2D eigenvalue weighted by molar-refractivity contribution is -0.384. The Bertz CT molecular complexity index is 890. The Kier molecular flexibility index (Phi) is 6.43. The summed E-state index contributed by atoms with van der Waals surface area (Å²) >= 11 is 0. The molecule has 1 saturated heterocycles. The highest BCUT2D eigenvalue weighted by molar-refractivity contribution is 5.78. The van der Waals surface area contributed by atoms with Crippen LogP contribution in [0, 0.1) is 17.0 Å². The predicted molar refractivity (Wildman–Crippen MR) is 109 cm³/mol. The Morgan fingerprint density at radius 2 is 1.83 bits per heavy atom. The zero-order chi connectivity index (χ0) is 20.8. The number of nitro benzene ring substituents is 1. The van der Waals surface area contributed by atoms with E-state index >= 15 is 0 Å². The molecule has 0 aromatic heterocycles. The molecule has 29 heavy (non-hydrogen) atoms. The van der Waals surface area contributed by atoms with Crippen LogP contribution in [0.15, 0.2) is 42.5 Å². The molecular weight excluding hydrogens is 374 g/mol. The van der Waals surface area contributed by atoms with E-state index in [1.807, 2.05) is 30.0 Å². The molecule has 1 aliphatic heterocycles. The third kappa shape index (κ3) is 5.10. The quantitative estimate of drug-likeness (QED) is 0.405. The van der Waals surface area contributed by atoms with E-state index in [1.54, 1.807) is 0 Å². The van der Waals surface area contributed by atoms with Crippen molar-refractivity contribution in [3.05, 3.63) is 63.7 Å². The van der Waals surface area contributed by atoms with Gasteiger partial charge < -0.3 is 14.5 Å². The van der Waals surface area contributed by atoms with Gasteiger partial charge in [-0.15, -0.1) is 0 Å². The lowest BCUT2D eigenvalue weighted by atomic mass is 10.1. The summed E-state index contributed by atoms with van der Waals surface area (Å²) in [7, 11) is 0. The molecule has 2 aromatic rings. The number of ether oxygens (including phenoxy) is 1. The number of non-ortho nitro benzene ring substituents is 1. The smallest absolute Gasteiger partial charge is 0.269 e. The van der Waals surface area contributed by atoms with Gasteiger partial charge in [-0.3, -0.25) is 19.7 Å². The van der Waals surface area contributed by atoms with Gasteiger partial charge in [-0.2, -0.15) is 0 Å². The van der Waals surface area contributed by atoms with Crippen molar-refractivity contribution in [2.24, 2.45) is 0 Å². The molecule has 0 N–H and O–H groups in total. The minimum absolute atomic E-state index is 0.00216. The van der Waals surface area contributed by atoms with Gasteiger partial charge in [0.05, 0.1) is 18.0 Å². The number of nitro groups is 1. The number of nitrogens with zero attached hydrogens (tertiary/aromatic N) is 3.